The highest BCUT2D eigenvalue weighted by Crippen LogP contribution is 2.36. The van der Waals surface area contributed by atoms with Crippen molar-refractivity contribution in [3.8, 4) is 11.5 Å². The second-order valence-electron chi connectivity index (χ2n) is 4.25. The predicted octanol–water partition coefficient (Wildman–Crippen LogP) is 1.93. The Balaban J connectivity index is 2.34. The lowest BCUT2D eigenvalue weighted by Crippen LogP contribution is -2.15. The molecule has 3 N–H and O–H groups in total. The third-order valence-electron chi connectivity index (χ3n) is 2.79. The van der Waals surface area contributed by atoms with Gasteiger partial charge in [0, 0.05) is 25.4 Å². The van der Waals surface area contributed by atoms with Gasteiger partial charge in [0.05, 0.1) is 30.6 Å². The van der Waals surface area contributed by atoms with Crippen molar-refractivity contribution >= 4 is 28.9 Å². The van der Waals surface area contributed by atoms with E-state index in [4.69, 9.17) is 26.8 Å². The summed E-state index contributed by atoms with van der Waals surface area (Å²) in [7, 11) is 4.64. The molecule has 0 saturated heterocycles. The molecule has 8 heteroatoms. The highest BCUT2D eigenvalue weighted by molar-refractivity contribution is 6.32. The molecular weight excluding hydrogens is 296 g/mol. The first-order valence-electron chi connectivity index (χ1n) is 5.98. The van der Waals surface area contributed by atoms with E-state index in [2.05, 4.69) is 10.4 Å². The van der Waals surface area contributed by atoms with E-state index in [9.17, 15) is 4.79 Å². The van der Waals surface area contributed by atoms with Gasteiger partial charge in [-0.05, 0) is 0 Å². The van der Waals surface area contributed by atoms with Crippen LogP contribution in [0.25, 0.3) is 0 Å². The summed E-state index contributed by atoms with van der Waals surface area (Å²) < 4.78 is 11.8. The molecule has 7 nitrogen and oxygen atoms in total. The fourth-order valence-corrected chi connectivity index (χ4v) is 2.05. The number of nitrogens with zero attached hydrogens (tertiary/aromatic N) is 2. The molecule has 21 heavy (non-hydrogen) atoms. The largest absolute Gasteiger partial charge is 0.495 e. The highest BCUT2D eigenvalue weighted by Gasteiger charge is 2.17. The van der Waals surface area contributed by atoms with E-state index in [1.165, 1.54) is 18.9 Å². The summed E-state index contributed by atoms with van der Waals surface area (Å²) in [4.78, 5) is 12.2. The minimum Gasteiger partial charge on any atom is -0.495 e. The lowest BCUT2D eigenvalue weighted by Gasteiger charge is -2.12. The van der Waals surface area contributed by atoms with E-state index < -0.39 is 5.91 Å². The molecule has 0 spiro atoms. The standard InChI is InChI=1S/C13H15ClN4O3/c1-18-6-8(15)12(17-18)13(19)16-9-5-10(20-2)7(14)4-11(9)21-3/h4-6H,15H2,1-3H3,(H,16,19). The average Bonchev–Trinajstić information content (AvgIpc) is 2.79. The van der Waals surface area contributed by atoms with Gasteiger partial charge in [-0.2, -0.15) is 5.10 Å². The summed E-state index contributed by atoms with van der Waals surface area (Å²) in [5, 5.41) is 7.06. The van der Waals surface area contributed by atoms with Crippen LogP contribution in [0.5, 0.6) is 11.5 Å². The number of carbonyl (C=O) groups excluding carboxylic acids is 1. The Morgan fingerprint density at radius 3 is 2.52 bits per heavy atom. The number of nitrogens with one attached hydrogen (secondary N) is 1. The maximum absolute atomic E-state index is 12.2. The van der Waals surface area contributed by atoms with Crippen LogP contribution < -0.4 is 20.5 Å². The molecule has 0 radical (unpaired) electrons. The van der Waals surface area contributed by atoms with Gasteiger partial charge in [-0.15, -0.1) is 0 Å². The van der Waals surface area contributed by atoms with Gasteiger partial charge in [0.15, 0.2) is 5.69 Å². The van der Waals surface area contributed by atoms with E-state index in [0.29, 0.717) is 22.2 Å². The number of methoxy groups -OCH3 is 2. The van der Waals surface area contributed by atoms with Crippen LogP contribution in [-0.4, -0.2) is 29.9 Å². The van der Waals surface area contributed by atoms with Gasteiger partial charge in [0.1, 0.15) is 11.5 Å². The third-order valence-corrected chi connectivity index (χ3v) is 3.09. The summed E-state index contributed by atoms with van der Waals surface area (Å²) in [6, 6.07) is 3.12. The van der Waals surface area contributed by atoms with Gasteiger partial charge in [-0.1, -0.05) is 11.6 Å². The first kappa shape index (κ1) is 15.0. The summed E-state index contributed by atoms with van der Waals surface area (Å²) in [5.41, 5.74) is 6.56. The molecule has 1 amide bonds. The molecule has 0 unspecified atom stereocenters. The molecule has 1 aromatic carbocycles. The summed E-state index contributed by atoms with van der Waals surface area (Å²) in [6.45, 7) is 0. The van der Waals surface area contributed by atoms with Crippen molar-refractivity contribution in [3.63, 3.8) is 0 Å². The number of nitrogens with two attached hydrogens (primary N) is 1. The molecule has 1 heterocycles. The van der Waals surface area contributed by atoms with Crippen LogP contribution in [0, 0.1) is 0 Å². The number of aromatic nitrogens is 2. The lowest BCUT2D eigenvalue weighted by atomic mass is 10.2. The summed E-state index contributed by atoms with van der Waals surface area (Å²) >= 11 is 6.01. The van der Waals surface area contributed by atoms with E-state index in [0.717, 1.165) is 0 Å². The molecule has 0 saturated carbocycles. The Bertz CT molecular complexity index is 684. The lowest BCUT2D eigenvalue weighted by molar-refractivity contribution is 0.102. The number of hydrogen-bond acceptors (Lipinski definition) is 5. The molecule has 0 aliphatic rings. The third kappa shape index (κ3) is 3.03. The van der Waals surface area contributed by atoms with Crippen LogP contribution in [0.1, 0.15) is 10.5 Å². The van der Waals surface area contributed by atoms with Crippen molar-refractivity contribution in [2.24, 2.45) is 7.05 Å². The molecule has 2 aromatic rings. The first-order chi connectivity index (χ1) is 9.96. The molecule has 112 valence electrons. The Labute approximate surface area is 126 Å². The average molecular weight is 311 g/mol. The number of anilines is 2. The molecular formula is C13H15ClN4O3. The van der Waals surface area contributed by atoms with Crippen molar-refractivity contribution in [2.45, 2.75) is 0 Å². The van der Waals surface area contributed by atoms with Crippen molar-refractivity contribution in [2.75, 3.05) is 25.3 Å². The minimum absolute atomic E-state index is 0.133. The molecule has 1 aromatic heterocycles. The number of aryl methyl sites for hydroxylation is 1. The summed E-state index contributed by atoms with van der Waals surface area (Å²) in [6.07, 6.45) is 1.55. The normalized spacial score (nSPS) is 10.3. The van der Waals surface area contributed by atoms with Gasteiger partial charge >= 0.3 is 0 Å². The number of halogens is 1. The SMILES string of the molecule is COc1cc(NC(=O)c2nn(C)cc2N)c(OC)cc1Cl. The van der Waals surface area contributed by atoms with E-state index in [-0.39, 0.29) is 11.4 Å². The van der Waals surface area contributed by atoms with Crippen molar-refractivity contribution in [1.82, 2.24) is 9.78 Å². The monoisotopic (exact) mass is 310 g/mol. The van der Waals surface area contributed by atoms with Crippen molar-refractivity contribution in [1.29, 1.82) is 0 Å². The number of hydrogen-bond donors (Lipinski definition) is 2. The molecule has 0 atom stereocenters. The molecule has 0 aliphatic carbocycles. The quantitative estimate of drug-likeness (QED) is 0.900. The second kappa shape index (κ2) is 5.92. The first-order valence-corrected chi connectivity index (χ1v) is 6.36. The van der Waals surface area contributed by atoms with Crippen LogP contribution in [0.4, 0.5) is 11.4 Å². The number of amides is 1. The maximum Gasteiger partial charge on any atom is 0.278 e. The number of rotatable bonds is 4. The zero-order valence-corrected chi connectivity index (χ0v) is 12.6. The smallest absolute Gasteiger partial charge is 0.278 e. The van der Waals surface area contributed by atoms with Crippen LogP contribution in [0.15, 0.2) is 18.3 Å². The van der Waals surface area contributed by atoms with Crippen molar-refractivity contribution < 1.29 is 14.3 Å². The topological polar surface area (TPSA) is 91.4 Å². The molecule has 0 aliphatic heterocycles. The minimum atomic E-state index is -0.448. The van der Waals surface area contributed by atoms with Crippen molar-refractivity contribution in [3.05, 3.63) is 29.0 Å². The van der Waals surface area contributed by atoms with Gasteiger partial charge < -0.3 is 20.5 Å². The van der Waals surface area contributed by atoms with E-state index in [1.54, 1.807) is 25.4 Å². The molecule has 0 fully saturated rings. The number of benzene rings is 1. The van der Waals surface area contributed by atoms with Crippen LogP contribution >= 0.6 is 11.6 Å². The Kier molecular flexibility index (Phi) is 4.23. The highest BCUT2D eigenvalue weighted by atomic mass is 35.5. The van der Waals surface area contributed by atoms with Gasteiger partial charge in [0.25, 0.3) is 5.91 Å². The van der Waals surface area contributed by atoms with Crippen LogP contribution in [-0.2, 0) is 7.05 Å². The Morgan fingerprint density at radius 1 is 1.33 bits per heavy atom. The molecule has 2 rings (SSSR count). The van der Waals surface area contributed by atoms with E-state index >= 15 is 0 Å². The number of ether oxygens (including phenoxy) is 2. The van der Waals surface area contributed by atoms with Gasteiger partial charge in [0.2, 0.25) is 0 Å². The Morgan fingerprint density at radius 2 is 2.00 bits per heavy atom. The predicted molar refractivity (Wildman–Crippen MR) is 80.1 cm³/mol. The van der Waals surface area contributed by atoms with E-state index in [1.807, 2.05) is 0 Å². The fourth-order valence-electron chi connectivity index (χ4n) is 1.82. The van der Waals surface area contributed by atoms with Crippen LogP contribution in [0.2, 0.25) is 5.02 Å². The van der Waals surface area contributed by atoms with Crippen LogP contribution in [0.3, 0.4) is 0 Å². The molecule has 0 bridgehead atoms. The fraction of sp³-hybridized carbons (Fsp3) is 0.231. The number of nitrogen functional groups attached to an aromatic ring is 1. The zero-order chi connectivity index (χ0) is 15.6. The number of carbonyl (C=O) groups is 1. The van der Waals surface area contributed by atoms with Gasteiger partial charge in [-0.25, -0.2) is 0 Å². The van der Waals surface area contributed by atoms with Gasteiger partial charge in [-0.3, -0.25) is 9.48 Å². The maximum atomic E-state index is 12.2. The summed E-state index contributed by atoms with van der Waals surface area (Å²) in [5.74, 6) is 0.376. The second-order valence-corrected chi connectivity index (χ2v) is 4.66. The zero-order valence-electron chi connectivity index (χ0n) is 11.8. The Hall–Kier alpha value is -2.41.